The van der Waals surface area contributed by atoms with Crippen LogP contribution >= 0.6 is 11.3 Å². The van der Waals surface area contributed by atoms with Crippen LogP contribution in [0.2, 0.25) is 0 Å². The molecule has 2 heterocycles. The highest BCUT2D eigenvalue weighted by atomic mass is 32.1. The molecule has 0 spiro atoms. The predicted molar refractivity (Wildman–Crippen MR) is 131 cm³/mol. The molecule has 2 unspecified atom stereocenters. The number of nitrogens with zero attached hydrogens (tertiary/aromatic N) is 4. The maximum absolute atomic E-state index is 12.8. The first-order valence-corrected chi connectivity index (χ1v) is 12.1. The number of carbonyl (C=O) groups excluding carboxylic acids is 1. The fraction of sp³-hybridized carbons (Fsp3) is 0.520. The average molecular weight is 471 g/mol. The van der Waals surface area contributed by atoms with Gasteiger partial charge in [-0.3, -0.25) is 4.79 Å². The third-order valence-electron chi connectivity index (χ3n) is 5.61. The summed E-state index contributed by atoms with van der Waals surface area (Å²) in [5.74, 6) is 2.20. The van der Waals surface area contributed by atoms with Crippen molar-refractivity contribution in [1.82, 2.24) is 20.0 Å². The van der Waals surface area contributed by atoms with Crippen molar-refractivity contribution in [2.24, 2.45) is 5.92 Å². The minimum absolute atomic E-state index is 0.0491. The summed E-state index contributed by atoms with van der Waals surface area (Å²) in [6, 6.07) is 7.95. The summed E-state index contributed by atoms with van der Waals surface area (Å²) in [6.45, 7) is 11.0. The minimum Gasteiger partial charge on any atom is -0.496 e. The highest BCUT2D eigenvalue weighted by Crippen LogP contribution is 2.34. The van der Waals surface area contributed by atoms with Gasteiger partial charge in [-0.05, 0) is 24.0 Å². The molecule has 0 bridgehead atoms. The molecule has 7 nitrogen and oxygen atoms in total. The van der Waals surface area contributed by atoms with Crippen molar-refractivity contribution in [1.29, 1.82) is 0 Å². The van der Waals surface area contributed by atoms with Crippen molar-refractivity contribution >= 4 is 17.2 Å². The summed E-state index contributed by atoms with van der Waals surface area (Å²) in [4.78, 5) is 24.6. The molecule has 0 radical (unpaired) electrons. The summed E-state index contributed by atoms with van der Waals surface area (Å²) in [7, 11) is 3.50. The van der Waals surface area contributed by atoms with E-state index in [1.165, 1.54) is 11.3 Å². The number of thiazole rings is 1. The molecule has 2 aromatic heterocycles. The Morgan fingerprint density at radius 1 is 1.24 bits per heavy atom. The van der Waals surface area contributed by atoms with Crippen molar-refractivity contribution in [3.63, 3.8) is 0 Å². The van der Waals surface area contributed by atoms with Crippen LogP contribution in [0.15, 0.2) is 34.3 Å². The zero-order chi connectivity index (χ0) is 24.2. The molecular weight excluding hydrogens is 436 g/mol. The Hall–Kier alpha value is -2.74. The SMILES string of the molecule is COc1ccccc1CC(C)CC(=O)N(C)CC(C)c1noc(-c2scnc2C(C)(C)C)n1. The van der Waals surface area contributed by atoms with E-state index in [-0.39, 0.29) is 23.2 Å². The Morgan fingerprint density at radius 2 is 1.97 bits per heavy atom. The van der Waals surface area contributed by atoms with Gasteiger partial charge in [0.15, 0.2) is 5.82 Å². The second-order valence-electron chi connectivity index (χ2n) is 9.74. The Balaban J connectivity index is 1.59. The summed E-state index contributed by atoms with van der Waals surface area (Å²) in [6.07, 6.45) is 1.26. The molecule has 0 aliphatic carbocycles. The molecule has 1 amide bonds. The zero-order valence-electron chi connectivity index (χ0n) is 20.6. The van der Waals surface area contributed by atoms with Crippen LogP contribution in [0.1, 0.15) is 64.0 Å². The van der Waals surface area contributed by atoms with Gasteiger partial charge in [-0.2, -0.15) is 4.98 Å². The maximum Gasteiger partial charge on any atom is 0.269 e. The van der Waals surface area contributed by atoms with Crippen molar-refractivity contribution < 1.29 is 14.1 Å². The van der Waals surface area contributed by atoms with Gasteiger partial charge < -0.3 is 14.2 Å². The van der Waals surface area contributed by atoms with Gasteiger partial charge in [-0.1, -0.05) is 58.0 Å². The van der Waals surface area contributed by atoms with Crippen molar-refractivity contribution in [3.05, 3.63) is 46.9 Å². The summed E-state index contributed by atoms with van der Waals surface area (Å²) in [5, 5.41) is 4.18. The van der Waals surface area contributed by atoms with Crippen molar-refractivity contribution in [2.45, 2.75) is 58.8 Å². The van der Waals surface area contributed by atoms with Crippen LogP contribution in [0.25, 0.3) is 10.8 Å². The molecular formula is C25H34N4O3S. The Labute approximate surface area is 200 Å². The highest BCUT2D eigenvalue weighted by molar-refractivity contribution is 7.13. The van der Waals surface area contributed by atoms with E-state index in [0.29, 0.717) is 24.7 Å². The molecule has 0 aliphatic rings. The molecule has 178 valence electrons. The number of benzene rings is 1. The highest BCUT2D eigenvalue weighted by Gasteiger charge is 2.26. The maximum atomic E-state index is 12.8. The Kier molecular flexibility index (Phi) is 7.89. The fourth-order valence-corrected chi connectivity index (χ4v) is 4.74. The number of hydrogen-bond donors (Lipinski definition) is 0. The van der Waals surface area contributed by atoms with Gasteiger partial charge in [-0.15, -0.1) is 11.3 Å². The minimum atomic E-state index is -0.108. The Morgan fingerprint density at radius 3 is 2.67 bits per heavy atom. The summed E-state index contributed by atoms with van der Waals surface area (Å²) >= 11 is 1.50. The second-order valence-corrected chi connectivity index (χ2v) is 10.6. The number of para-hydroxylation sites is 1. The predicted octanol–water partition coefficient (Wildman–Crippen LogP) is 5.33. The number of rotatable bonds is 9. The van der Waals surface area contributed by atoms with E-state index in [0.717, 1.165) is 28.3 Å². The topological polar surface area (TPSA) is 81.4 Å². The number of hydrogen-bond acceptors (Lipinski definition) is 7. The number of ether oxygens (including phenoxy) is 1. The number of methoxy groups -OCH3 is 1. The lowest BCUT2D eigenvalue weighted by molar-refractivity contribution is -0.131. The van der Waals surface area contributed by atoms with E-state index in [4.69, 9.17) is 9.26 Å². The van der Waals surface area contributed by atoms with Gasteiger partial charge in [0, 0.05) is 31.3 Å². The second kappa shape index (κ2) is 10.5. The van der Waals surface area contributed by atoms with Gasteiger partial charge in [-0.25, -0.2) is 4.98 Å². The lowest BCUT2D eigenvalue weighted by Crippen LogP contribution is -2.32. The van der Waals surface area contributed by atoms with Crippen LogP contribution in [-0.2, 0) is 16.6 Å². The van der Waals surface area contributed by atoms with E-state index in [2.05, 4.69) is 42.8 Å². The molecule has 0 fully saturated rings. The third-order valence-corrected chi connectivity index (χ3v) is 6.43. The van der Waals surface area contributed by atoms with Crippen LogP contribution in [-0.4, -0.2) is 46.6 Å². The number of aromatic nitrogens is 3. The van der Waals surface area contributed by atoms with Crippen LogP contribution in [0.5, 0.6) is 5.75 Å². The van der Waals surface area contributed by atoms with E-state index in [9.17, 15) is 4.79 Å². The lowest BCUT2D eigenvalue weighted by Gasteiger charge is -2.22. The van der Waals surface area contributed by atoms with Gasteiger partial charge in [0.25, 0.3) is 5.89 Å². The van der Waals surface area contributed by atoms with Crippen LogP contribution in [0, 0.1) is 5.92 Å². The number of amides is 1. The molecule has 33 heavy (non-hydrogen) atoms. The molecule has 3 aromatic rings. The first-order valence-electron chi connectivity index (χ1n) is 11.2. The van der Waals surface area contributed by atoms with Gasteiger partial charge in [0.2, 0.25) is 5.91 Å². The van der Waals surface area contributed by atoms with Crippen molar-refractivity contribution in [3.8, 4) is 16.5 Å². The number of carbonyl (C=O) groups is 1. The van der Waals surface area contributed by atoms with Gasteiger partial charge in [0.1, 0.15) is 10.6 Å². The first-order chi connectivity index (χ1) is 15.6. The summed E-state index contributed by atoms with van der Waals surface area (Å²) < 4.78 is 11.0. The standard InChI is InChI=1S/C25H34N4O3S/c1-16(12-18-10-8-9-11-19(18)31-7)13-20(30)29(6)14-17(2)23-27-24(32-28-23)21-22(25(3,4)5)26-15-33-21/h8-11,15-17H,12-14H2,1-7H3. The fourth-order valence-electron chi connectivity index (χ4n) is 3.83. The molecule has 0 N–H and O–H groups in total. The Bertz CT molecular complexity index is 1070. The molecule has 2 atom stereocenters. The van der Waals surface area contributed by atoms with E-state index in [1.807, 2.05) is 43.7 Å². The molecule has 3 rings (SSSR count). The first kappa shape index (κ1) is 24.9. The molecule has 1 aromatic carbocycles. The van der Waals surface area contributed by atoms with Gasteiger partial charge in [0.05, 0.1) is 18.3 Å². The average Bonchev–Trinajstić information content (AvgIpc) is 3.43. The quantitative estimate of drug-likeness (QED) is 0.420. The zero-order valence-corrected chi connectivity index (χ0v) is 21.4. The van der Waals surface area contributed by atoms with Crippen molar-refractivity contribution in [2.75, 3.05) is 20.7 Å². The van der Waals surface area contributed by atoms with E-state index in [1.54, 1.807) is 12.0 Å². The normalized spacial score (nSPS) is 13.5. The molecule has 0 aliphatic heterocycles. The van der Waals surface area contributed by atoms with Crippen LogP contribution in [0.3, 0.4) is 0 Å². The largest absolute Gasteiger partial charge is 0.496 e. The number of likely N-dealkylation sites (N-methyl/N-ethyl adjacent to an activating group) is 1. The summed E-state index contributed by atoms with van der Waals surface area (Å²) in [5.41, 5.74) is 3.77. The molecule has 8 heteroatoms. The van der Waals surface area contributed by atoms with Crippen LogP contribution in [0.4, 0.5) is 0 Å². The molecule has 0 saturated carbocycles. The third kappa shape index (κ3) is 6.19. The lowest BCUT2D eigenvalue weighted by atomic mass is 9.91. The smallest absolute Gasteiger partial charge is 0.269 e. The molecule has 0 saturated heterocycles. The van der Waals surface area contributed by atoms with Crippen LogP contribution < -0.4 is 4.74 Å². The van der Waals surface area contributed by atoms with Gasteiger partial charge >= 0.3 is 0 Å². The van der Waals surface area contributed by atoms with E-state index < -0.39 is 0 Å². The van der Waals surface area contributed by atoms with E-state index >= 15 is 0 Å². The monoisotopic (exact) mass is 470 g/mol.